The highest BCUT2D eigenvalue weighted by atomic mass is 32.2. The smallest absolute Gasteiger partial charge is 0.264 e. The van der Waals surface area contributed by atoms with Gasteiger partial charge in [0.25, 0.3) is 5.91 Å². The van der Waals surface area contributed by atoms with Crippen LogP contribution in [0.15, 0.2) is 64.8 Å². The van der Waals surface area contributed by atoms with Crippen molar-refractivity contribution in [3.8, 4) is 5.69 Å². The molecule has 0 radical (unpaired) electrons. The van der Waals surface area contributed by atoms with E-state index in [2.05, 4.69) is 58.8 Å². The second-order valence-electron chi connectivity index (χ2n) is 6.87. The van der Waals surface area contributed by atoms with Gasteiger partial charge in [0.15, 0.2) is 5.17 Å². The third-order valence-electron chi connectivity index (χ3n) is 4.90. The first kappa shape index (κ1) is 19.2. The number of nitrogens with one attached hydrogen (secondary N) is 1. The maximum atomic E-state index is 12.5. The number of carbonyl (C=O) groups excluding carboxylic acids is 1. The van der Waals surface area contributed by atoms with Crippen molar-refractivity contribution in [2.45, 2.75) is 27.2 Å². The number of amidine groups is 1. The van der Waals surface area contributed by atoms with Gasteiger partial charge in [0.05, 0.1) is 10.6 Å². The molecule has 6 heteroatoms. The normalized spacial score (nSPS) is 16.6. The first-order valence-corrected chi connectivity index (χ1v) is 10.3. The van der Waals surface area contributed by atoms with Crippen LogP contribution in [0.2, 0.25) is 0 Å². The molecule has 0 saturated carbocycles. The van der Waals surface area contributed by atoms with Gasteiger partial charge in [-0.1, -0.05) is 19.1 Å². The largest absolute Gasteiger partial charge is 0.318 e. The molecule has 1 amide bonds. The summed E-state index contributed by atoms with van der Waals surface area (Å²) >= 11 is 1.37. The molecule has 1 saturated heterocycles. The Morgan fingerprint density at radius 2 is 1.86 bits per heavy atom. The summed E-state index contributed by atoms with van der Waals surface area (Å²) in [6.07, 6.45) is 6.49. The molecule has 1 aromatic carbocycles. The van der Waals surface area contributed by atoms with E-state index in [9.17, 15) is 4.79 Å². The van der Waals surface area contributed by atoms with Crippen LogP contribution in [0.3, 0.4) is 0 Å². The maximum absolute atomic E-state index is 12.5. The molecule has 5 nitrogen and oxygen atoms in total. The minimum atomic E-state index is -0.118. The highest BCUT2D eigenvalue weighted by molar-refractivity contribution is 8.18. The molecular weight excluding hydrogens is 380 g/mol. The first-order chi connectivity index (χ1) is 14.0. The van der Waals surface area contributed by atoms with Crippen molar-refractivity contribution in [2.75, 3.05) is 0 Å². The third-order valence-corrected chi connectivity index (χ3v) is 5.81. The van der Waals surface area contributed by atoms with Crippen LogP contribution >= 0.6 is 11.8 Å². The van der Waals surface area contributed by atoms with E-state index in [1.807, 2.05) is 30.3 Å². The average Bonchev–Trinajstić information content (AvgIpc) is 3.21. The molecule has 0 bridgehead atoms. The summed E-state index contributed by atoms with van der Waals surface area (Å²) in [5.74, 6) is -0.118. The van der Waals surface area contributed by atoms with Gasteiger partial charge in [-0.15, -0.1) is 0 Å². The number of pyridine rings is 1. The second-order valence-corrected chi connectivity index (χ2v) is 7.90. The number of hydrogen-bond donors (Lipinski definition) is 1. The fraction of sp³-hybridized carbons (Fsp3) is 0.174. The van der Waals surface area contributed by atoms with Crippen LogP contribution in [0.1, 0.15) is 29.4 Å². The number of aryl methyl sites for hydroxylation is 2. The fourth-order valence-electron chi connectivity index (χ4n) is 3.37. The first-order valence-electron chi connectivity index (χ1n) is 9.53. The van der Waals surface area contributed by atoms with Gasteiger partial charge in [-0.2, -0.15) is 0 Å². The summed E-state index contributed by atoms with van der Waals surface area (Å²) in [6, 6.07) is 14.1. The summed E-state index contributed by atoms with van der Waals surface area (Å²) in [6.45, 7) is 6.24. The zero-order valence-corrected chi connectivity index (χ0v) is 17.5. The number of aromatic nitrogens is 2. The van der Waals surface area contributed by atoms with E-state index in [1.54, 1.807) is 12.4 Å². The molecule has 3 aromatic rings. The Morgan fingerprint density at radius 3 is 2.55 bits per heavy atom. The van der Waals surface area contributed by atoms with E-state index in [0.717, 1.165) is 34.7 Å². The summed E-state index contributed by atoms with van der Waals surface area (Å²) in [7, 11) is 0. The van der Waals surface area contributed by atoms with Gasteiger partial charge in [0.1, 0.15) is 0 Å². The molecule has 0 unspecified atom stereocenters. The van der Waals surface area contributed by atoms with Gasteiger partial charge in [-0.05, 0) is 79.6 Å². The van der Waals surface area contributed by atoms with Gasteiger partial charge < -0.3 is 9.88 Å². The lowest BCUT2D eigenvalue weighted by Crippen LogP contribution is -2.19. The van der Waals surface area contributed by atoms with Crippen LogP contribution in [-0.4, -0.2) is 20.6 Å². The van der Waals surface area contributed by atoms with Crippen molar-refractivity contribution in [3.05, 3.63) is 82.3 Å². The number of aliphatic imine (C=N–C) groups is 1. The Bertz CT molecular complexity index is 1110. The molecule has 0 aliphatic carbocycles. The number of rotatable bonds is 4. The third kappa shape index (κ3) is 4.03. The lowest BCUT2D eigenvalue weighted by molar-refractivity contribution is -0.115. The molecule has 2 aromatic heterocycles. The van der Waals surface area contributed by atoms with Crippen LogP contribution in [0, 0.1) is 13.8 Å². The van der Waals surface area contributed by atoms with Crippen LogP contribution in [0.5, 0.6) is 0 Å². The molecule has 0 spiro atoms. The van der Waals surface area contributed by atoms with E-state index < -0.39 is 0 Å². The van der Waals surface area contributed by atoms with Crippen molar-refractivity contribution < 1.29 is 4.79 Å². The van der Waals surface area contributed by atoms with E-state index in [1.165, 1.54) is 17.3 Å². The molecular formula is C23H22N4OS. The molecule has 1 aliphatic rings. The number of amides is 1. The summed E-state index contributed by atoms with van der Waals surface area (Å²) in [5.41, 5.74) is 6.36. The zero-order chi connectivity index (χ0) is 20.4. The molecule has 29 heavy (non-hydrogen) atoms. The Labute approximate surface area is 174 Å². The van der Waals surface area contributed by atoms with Crippen LogP contribution in [0.4, 0.5) is 5.69 Å². The minimum absolute atomic E-state index is 0.118. The molecule has 1 fully saturated rings. The number of nitrogens with zero attached hydrogens (tertiary/aromatic N) is 3. The molecule has 4 rings (SSSR count). The number of thioether (sulfide) groups is 1. The van der Waals surface area contributed by atoms with Gasteiger partial charge in [-0.3, -0.25) is 9.78 Å². The van der Waals surface area contributed by atoms with Crippen molar-refractivity contribution >= 4 is 34.6 Å². The number of carbonyl (C=O) groups is 1. The zero-order valence-electron chi connectivity index (χ0n) is 16.6. The number of hydrogen-bond acceptors (Lipinski definition) is 4. The van der Waals surface area contributed by atoms with Gasteiger partial charge >= 0.3 is 0 Å². The average molecular weight is 403 g/mol. The Hall–Kier alpha value is -3.12. The highest BCUT2D eigenvalue weighted by Gasteiger charge is 2.24. The predicted molar refractivity (Wildman–Crippen MR) is 120 cm³/mol. The van der Waals surface area contributed by atoms with Gasteiger partial charge in [-0.25, -0.2) is 4.99 Å². The summed E-state index contributed by atoms with van der Waals surface area (Å²) < 4.78 is 2.16. The van der Waals surface area contributed by atoms with Crippen LogP contribution < -0.4 is 5.32 Å². The monoisotopic (exact) mass is 402 g/mol. The molecule has 0 atom stereocenters. The maximum Gasteiger partial charge on any atom is 0.264 e. The van der Waals surface area contributed by atoms with E-state index in [0.29, 0.717) is 10.1 Å². The topological polar surface area (TPSA) is 59.3 Å². The predicted octanol–water partition coefficient (Wildman–Crippen LogP) is 4.94. The van der Waals surface area contributed by atoms with Crippen molar-refractivity contribution in [3.63, 3.8) is 0 Å². The Balaban J connectivity index is 1.60. The van der Waals surface area contributed by atoms with E-state index in [-0.39, 0.29) is 5.91 Å². The highest BCUT2D eigenvalue weighted by Crippen LogP contribution is 2.30. The summed E-state index contributed by atoms with van der Waals surface area (Å²) in [5, 5.41) is 3.47. The van der Waals surface area contributed by atoms with E-state index >= 15 is 0 Å². The Morgan fingerprint density at radius 1 is 1.14 bits per heavy atom. The fourth-order valence-corrected chi connectivity index (χ4v) is 4.20. The van der Waals surface area contributed by atoms with Crippen molar-refractivity contribution in [2.24, 2.45) is 4.99 Å². The molecule has 1 aliphatic heterocycles. The Kier molecular flexibility index (Phi) is 5.36. The van der Waals surface area contributed by atoms with Crippen molar-refractivity contribution in [1.82, 2.24) is 14.9 Å². The molecule has 1 N–H and O–H groups in total. The van der Waals surface area contributed by atoms with Crippen molar-refractivity contribution in [1.29, 1.82) is 0 Å². The van der Waals surface area contributed by atoms with Gasteiger partial charge in [0, 0.05) is 29.5 Å². The minimum Gasteiger partial charge on any atom is -0.318 e. The number of benzene rings is 1. The van der Waals surface area contributed by atoms with Crippen LogP contribution in [-0.2, 0) is 11.2 Å². The van der Waals surface area contributed by atoms with Gasteiger partial charge in [0.2, 0.25) is 0 Å². The molecule has 3 heterocycles. The van der Waals surface area contributed by atoms with E-state index in [4.69, 9.17) is 0 Å². The quantitative estimate of drug-likeness (QED) is 0.629. The summed E-state index contributed by atoms with van der Waals surface area (Å²) in [4.78, 5) is 21.8. The second kappa shape index (κ2) is 8.09. The SMILES string of the molecule is CCc1ccc(N=C2NC(=O)/C(=C/c3cc(C)n(-c4ccncc4)c3C)S2)cc1. The van der Waals surface area contributed by atoms with Crippen LogP contribution in [0.25, 0.3) is 11.8 Å². The lowest BCUT2D eigenvalue weighted by atomic mass is 10.2. The lowest BCUT2D eigenvalue weighted by Gasteiger charge is -2.08. The molecule has 146 valence electrons. The standard InChI is InChI=1S/C23H22N4OS/c1-4-17-5-7-19(8-6-17)25-23-26-22(28)21(29-23)14-18-13-15(2)27(16(18)3)20-9-11-24-12-10-20/h5-14H,4H2,1-3H3,(H,25,26,28)/b21-14-.